The first-order valence-corrected chi connectivity index (χ1v) is 18.2. The van der Waals surface area contributed by atoms with Crippen molar-refractivity contribution in [3.8, 4) is 11.3 Å². The number of aromatic nitrogens is 7. The van der Waals surface area contributed by atoms with Crippen molar-refractivity contribution in [1.29, 1.82) is 0 Å². The second kappa shape index (κ2) is 19.4. The minimum absolute atomic E-state index is 0.00613. The van der Waals surface area contributed by atoms with Gasteiger partial charge >= 0.3 is 0 Å². The van der Waals surface area contributed by atoms with Crippen LogP contribution < -0.4 is 21.7 Å². The number of nitrogen functional groups attached to an aromatic ring is 2. The highest BCUT2D eigenvalue weighted by Gasteiger charge is 2.26. The summed E-state index contributed by atoms with van der Waals surface area (Å²) in [6.07, 6.45) is 7.95. The lowest BCUT2D eigenvalue weighted by Crippen LogP contribution is -2.37. The summed E-state index contributed by atoms with van der Waals surface area (Å²) in [6, 6.07) is 5.58. The third-order valence-corrected chi connectivity index (χ3v) is 9.08. The molecule has 20 nitrogen and oxygen atoms in total. The number of aryl methyl sites for hydroxylation is 1. The molecule has 5 heterocycles. The predicted octanol–water partition coefficient (Wildman–Crippen LogP) is 3.74. The smallest absolute Gasteiger partial charge is 0.292 e. The number of nitrogens with zero attached hydrogens (tertiary/aromatic N) is 11. The SMILES string of the molecule is [N-]=[N+]=Nc1cnc(N2CCC(C(=O)CCOCCOCCOCCC(=O)NCCCCn3nc(-c4ccc5oc(N)nc5c4)c4c(N)ncnc43)CC2)nc1. The monoisotopic (exact) mass is 756 g/mol. The van der Waals surface area contributed by atoms with E-state index in [0.717, 1.165) is 31.2 Å². The van der Waals surface area contributed by atoms with Crippen molar-refractivity contribution in [2.24, 2.45) is 11.0 Å². The van der Waals surface area contributed by atoms with E-state index in [1.807, 2.05) is 17.0 Å². The van der Waals surface area contributed by atoms with Crippen molar-refractivity contribution in [3.05, 3.63) is 47.4 Å². The van der Waals surface area contributed by atoms with Crippen molar-refractivity contribution in [2.75, 3.05) is 75.6 Å². The fourth-order valence-corrected chi connectivity index (χ4v) is 6.25. The number of piperidine rings is 1. The molecular formula is C35H44N14O6. The number of ketones is 1. The van der Waals surface area contributed by atoms with Gasteiger partial charge in [-0.1, -0.05) is 5.11 Å². The van der Waals surface area contributed by atoms with Gasteiger partial charge in [-0.15, -0.1) is 0 Å². The number of nitrogens with two attached hydrogens (primary N) is 2. The Kier molecular flexibility index (Phi) is 13.7. The first-order chi connectivity index (χ1) is 26.9. The van der Waals surface area contributed by atoms with Gasteiger partial charge in [0.05, 0.1) is 50.7 Å². The van der Waals surface area contributed by atoms with E-state index in [-0.39, 0.29) is 30.0 Å². The van der Waals surface area contributed by atoms with Gasteiger partial charge in [-0.25, -0.2) is 24.6 Å². The number of nitrogens with one attached hydrogen (secondary N) is 1. The molecule has 0 spiro atoms. The van der Waals surface area contributed by atoms with Gasteiger partial charge in [0, 0.05) is 67.8 Å². The van der Waals surface area contributed by atoms with E-state index in [2.05, 4.69) is 40.3 Å². The minimum atomic E-state index is -0.0853. The molecule has 5 aromatic rings. The van der Waals surface area contributed by atoms with Crippen molar-refractivity contribution in [1.82, 2.24) is 40.0 Å². The quantitative estimate of drug-likeness (QED) is 0.0416. The van der Waals surface area contributed by atoms with Crippen LogP contribution in [0.1, 0.15) is 38.5 Å². The maximum absolute atomic E-state index is 12.6. The first kappa shape index (κ1) is 38.8. The van der Waals surface area contributed by atoms with Crippen molar-refractivity contribution in [2.45, 2.75) is 45.1 Å². The molecule has 0 radical (unpaired) electrons. The number of anilines is 3. The summed E-state index contributed by atoms with van der Waals surface area (Å²) in [6.45, 7) is 4.61. The number of fused-ring (bicyclic) bond motifs is 2. The van der Waals surface area contributed by atoms with Gasteiger partial charge in [0.1, 0.15) is 29.1 Å². The zero-order chi connectivity index (χ0) is 38.4. The molecule has 1 aromatic carbocycles. The van der Waals surface area contributed by atoms with E-state index in [1.54, 1.807) is 10.7 Å². The Labute approximate surface area is 315 Å². The topological polar surface area (TPSA) is 273 Å². The number of hydrogen-bond donors (Lipinski definition) is 3. The van der Waals surface area contributed by atoms with Crippen LogP contribution in [-0.2, 0) is 30.3 Å². The van der Waals surface area contributed by atoms with Crippen molar-refractivity contribution >= 4 is 57.3 Å². The number of oxazole rings is 1. The van der Waals surface area contributed by atoms with Gasteiger partial charge in [0.2, 0.25) is 11.9 Å². The van der Waals surface area contributed by atoms with Gasteiger partial charge < -0.3 is 40.3 Å². The summed E-state index contributed by atoms with van der Waals surface area (Å²) >= 11 is 0. The van der Waals surface area contributed by atoms with E-state index in [0.29, 0.717) is 118 Å². The minimum Gasteiger partial charge on any atom is -0.424 e. The van der Waals surface area contributed by atoms with Crippen LogP contribution in [-0.4, -0.2) is 106 Å². The third-order valence-electron chi connectivity index (χ3n) is 9.08. The Balaban J connectivity index is 0.769. The Morgan fingerprint density at radius 1 is 0.964 bits per heavy atom. The van der Waals surface area contributed by atoms with Gasteiger partial charge in [0.15, 0.2) is 11.2 Å². The number of azide groups is 1. The Bertz CT molecular complexity index is 2090. The predicted molar refractivity (Wildman–Crippen MR) is 202 cm³/mol. The molecule has 55 heavy (non-hydrogen) atoms. The van der Waals surface area contributed by atoms with E-state index in [4.69, 9.17) is 40.7 Å². The standard InChI is InChI=1S/C35H44N14O6/c36-32-30-31(24-3-4-28-26(19-24)44-34(37)55-28)46-49(33(30)43-22-42-32)10-2-1-9-39-29(51)8-14-53-16-18-54-17-15-52-13-7-27(50)23-5-11-48(12-6-23)35-40-20-25(21-41-35)45-47-38/h3-4,19-23H,1-2,5-18H2,(H2,37,44)(H,39,51)(H2,36,42,43). The number of carbonyl (C=O) groups excluding carboxylic acids is 2. The molecule has 1 amide bonds. The Hall–Kier alpha value is -5.95. The van der Waals surface area contributed by atoms with Crippen LogP contribution >= 0.6 is 0 Å². The molecule has 0 bridgehead atoms. The Morgan fingerprint density at radius 3 is 2.44 bits per heavy atom. The second-order valence-electron chi connectivity index (χ2n) is 12.8. The van der Waals surface area contributed by atoms with Crippen molar-refractivity contribution < 1.29 is 28.2 Å². The summed E-state index contributed by atoms with van der Waals surface area (Å²) in [5.74, 6) is 0.998. The lowest BCUT2D eigenvalue weighted by atomic mass is 9.91. The highest BCUT2D eigenvalue weighted by Crippen LogP contribution is 2.32. The molecule has 0 aliphatic carbocycles. The van der Waals surface area contributed by atoms with Gasteiger partial charge in [-0.05, 0) is 49.4 Å². The maximum atomic E-state index is 12.6. The van der Waals surface area contributed by atoms with Crippen LogP contribution in [0.15, 0.2) is 46.5 Å². The van der Waals surface area contributed by atoms with E-state index < -0.39 is 0 Å². The largest absolute Gasteiger partial charge is 0.424 e. The molecule has 1 aliphatic rings. The van der Waals surface area contributed by atoms with Gasteiger partial charge in [0.25, 0.3) is 6.01 Å². The van der Waals surface area contributed by atoms with Gasteiger partial charge in [-0.3, -0.25) is 9.59 Å². The average molecular weight is 757 g/mol. The number of benzene rings is 1. The molecule has 4 aromatic heterocycles. The summed E-state index contributed by atoms with van der Waals surface area (Å²) in [5, 5.41) is 11.9. The van der Waals surface area contributed by atoms with Crippen LogP contribution in [0.2, 0.25) is 0 Å². The average Bonchev–Trinajstić information content (AvgIpc) is 3.77. The van der Waals surface area contributed by atoms with E-state index in [1.165, 1.54) is 18.7 Å². The molecule has 6 rings (SSSR count). The molecule has 1 aliphatic heterocycles. The van der Waals surface area contributed by atoms with E-state index >= 15 is 0 Å². The summed E-state index contributed by atoms with van der Waals surface area (Å²) < 4.78 is 23.8. The van der Waals surface area contributed by atoms with E-state index in [9.17, 15) is 9.59 Å². The normalized spacial score (nSPS) is 13.3. The number of carbonyl (C=O) groups is 2. The third kappa shape index (κ3) is 10.6. The highest BCUT2D eigenvalue weighted by molar-refractivity contribution is 5.99. The number of ether oxygens (including phenoxy) is 3. The fourth-order valence-electron chi connectivity index (χ4n) is 6.25. The number of unbranched alkanes of at least 4 members (excludes halogenated alkanes) is 1. The first-order valence-electron chi connectivity index (χ1n) is 18.2. The highest BCUT2D eigenvalue weighted by atomic mass is 16.5. The molecule has 20 heteroatoms. The summed E-state index contributed by atoms with van der Waals surface area (Å²) in [4.78, 5) is 50.9. The molecular weight excluding hydrogens is 712 g/mol. The van der Waals surface area contributed by atoms with Crippen LogP contribution in [0.4, 0.5) is 23.5 Å². The second-order valence-corrected chi connectivity index (χ2v) is 12.8. The lowest BCUT2D eigenvalue weighted by Gasteiger charge is -2.31. The van der Waals surface area contributed by atoms with Crippen LogP contribution in [0, 0.1) is 5.92 Å². The summed E-state index contributed by atoms with van der Waals surface area (Å²) in [7, 11) is 0. The number of Topliss-reactive ketones (excluding diaryl/α,β-unsaturated/α-hetero) is 1. The number of hydrogen-bond acceptors (Lipinski definition) is 16. The molecule has 0 atom stereocenters. The van der Waals surface area contributed by atoms with Gasteiger partial charge in [-0.2, -0.15) is 10.1 Å². The number of rotatable bonds is 21. The summed E-state index contributed by atoms with van der Waals surface area (Å²) in [5.41, 5.74) is 24.1. The van der Waals surface area contributed by atoms with Crippen LogP contribution in [0.25, 0.3) is 43.8 Å². The molecule has 0 saturated carbocycles. The zero-order valence-electron chi connectivity index (χ0n) is 30.4. The molecule has 0 unspecified atom stereocenters. The molecule has 1 fully saturated rings. The van der Waals surface area contributed by atoms with Crippen LogP contribution in [0.5, 0.6) is 0 Å². The Morgan fingerprint density at radius 2 is 1.69 bits per heavy atom. The maximum Gasteiger partial charge on any atom is 0.292 e. The van der Waals surface area contributed by atoms with Crippen LogP contribution in [0.3, 0.4) is 0 Å². The molecule has 1 saturated heterocycles. The zero-order valence-corrected chi connectivity index (χ0v) is 30.4. The molecule has 5 N–H and O–H groups in total. The van der Waals surface area contributed by atoms with Crippen molar-refractivity contribution in [3.63, 3.8) is 0 Å². The molecule has 290 valence electrons. The number of amides is 1. The lowest BCUT2D eigenvalue weighted by molar-refractivity contribution is -0.124. The fraction of sp³-hybridized carbons (Fsp3) is 0.486.